The van der Waals surface area contributed by atoms with Crippen LogP contribution in [-0.2, 0) is 11.3 Å². The second-order valence-electron chi connectivity index (χ2n) is 3.11. The molecule has 7 heteroatoms. The number of hydrogen-bond donors (Lipinski definition) is 2. The standard InChI is InChI=1S/C9H11N3O4/c1-6-2-3-8(12(14)15)7(4-6)5-16-9(13)11-10/h2-4H,5,10H2,1H3,(H,11,13). The Balaban J connectivity index is 2.88. The number of hydrazine groups is 1. The van der Waals surface area contributed by atoms with Gasteiger partial charge in [0.05, 0.1) is 10.5 Å². The van der Waals surface area contributed by atoms with Gasteiger partial charge >= 0.3 is 6.09 Å². The highest BCUT2D eigenvalue weighted by Crippen LogP contribution is 2.20. The second kappa shape index (κ2) is 5.08. The minimum atomic E-state index is -0.837. The van der Waals surface area contributed by atoms with Crippen LogP contribution >= 0.6 is 0 Å². The number of nitro benzene ring substituents is 1. The van der Waals surface area contributed by atoms with Crippen molar-refractivity contribution in [2.24, 2.45) is 5.84 Å². The molecule has 1 rings (SSSR count). The summed E-state index contributed by atoms with van der Waals surface area (Å²) >= 11 is 0. The average Bonchev–Trinajstić information content (AvgIpc) is 2.25. The van der Waals surface area contributed by atoms with Crippen LogP contribution in [0.1, 0.15) is 11.1 Å². The van der Waals surface area contributed by atoms with Gasteiger partial charge in [-0.15, -0.1) is 0 Å². The molecule has 86 valence electrons. The van der Waals surface area contributed by atoms with E-state index >= 15 is 0 Å². The van der Waals surface area contributed by atoms with E-state index in [-0.39, 0.29) is 12.3 Å². The van der Waals surface area contributed by atoms with E-state index in [0.29, 0.717) is 5.56 Å². The van der Waals surface area contributed by atoms with Crippen LogP contribution in [0.3, 0.4) is 0 Å². The van der Waals surface area contributed by atoms with E-state index in [2.05, 4.69) is 4.74 Å². The molecule has 0 atom stereocenters. The zero-order chi connectivity index (χ0) is 12.1. The highest BCUT2D eigenvalue weighted by Gasteiger charge is 2.14. The van der Waals surface area contributed by atoms with Gasteiger partial charge in [0.25, 0.3) is 5.69 Å². The second-order valence-corrected chi connectivity index (χ2v) is 3.11. The fraction of sp³-hybridized carbons (Fsp3) is 0.222. The van der Waals surface area contributed by atoms with Crippen molar-refractivity contribution in [1.29, 1.82) is 0 Å². The number of rotatable bonds is 3. The molecule has 7 nitrogen and oxygen atoms in total. The Morgan fingerprint density at radius 2 is 2.31 bits per heavy atom. The van der Waals surface area contributed by atoms with E-state index in [9.17, 15) is 14.9 Å². The zero-order valence-corrected chi connectivity index (χ0v) is 8.60. The summed E-state index contributed by atoms with van der Waals surface area (Å²) in [5, 5.41) is 10.7. The Bertz CT molecular complexity index is 419. The summed E-state index contributed by atoms with van der Waals surface area (Å²) in [4.78, 5) is 20.9. The molecule has 0 aliphatic rings. The van der Waals surface area contributed by atoms with Gasteiger partial charge < -0.3 is 4.74 Å². The molecule has 0 aromatic heterocycles. The lowest BCUT2D eigenvalue weighted by molar-refractivity contribution is -0.385. The maximum atomic E-state index is 10.7. The molecule has 3 N–H and O–H groups in total. The molecule has 0 aliphatic heterocycles. The number of ether oxygens (including phenoxy) is 1. The van der Waals surface area contributed by atoms with Crippen LogP contribution < -0.4 is 11.3 Å². The molecule has 0 fully saturated rings. The topological polar surface area (TPSA) is 107 Å². The van der Waals surface area contributed by atoms with Gasteiger partial charge in [0.15, 0.2) is 0 Å². The third-order valence-electron chi connectivity index (χ3n) is 1.91. The Labute approximate surface area is 91.3 Å². The number of amides is 1. The number of benzene rings is 1. The third-order valence-corrected chi connectivity index (χ3v) is 1.91. The van der Waals surface area contributed by atoms with Crippen LogP contribution in [0.25, 0.3) is 0 Å². The highest BCUT2D eigenvalue weighted by atomic mass is 16.6. The number of nitro groups is 1. The monoisotopic (exact) mass is 225 g/mol. The number of nitrogens with zero attached hydrogens (tertiary/aromatic N) is 1. The minimum absolute atomic E-state index is 0.0876. The highest BCUT2D eigenvalue weighted by molar-refractivity contribution is 5.66. The van der Waals surface area contributed by atoms with Crippen LogP contribution in [0.2, 0.25) is 0 Å². The molecule has 0 saturated heterocycles. The summed E-state index contributed by atoms with van der Waals surface area (Å²) in [6.45, 7) is 1.59. The van der Waals surface area contributed by atoms with Gasteiger partial charge in [-0.1, -0.05) is 11.6 Å². The summed E-state index contributed by atoms with van der Waals surface area (Å²) in [5.41, 5.74) is 2.85. The van der Waals surface area contributed by atoms with Crippen molar-refractivity contribution in [2.45, 2.75) is 13.5 Å². The fourth-order valence-corrected chi connectivity index (χ4v) is 1.19. The zero-order valence-electron chi connectivity index (χ0n) is 8.60. The molecule has 0 bridgehead atoms. The number of carbonyl (C=O) groups excluding carboxylic acids is 1. The molecule has 0 heterocycles. The molecule has 16 heavy (non-hydrogen) atoms. The SMILES string of the molecule is Cc1ccc([N+](=O)[O-])c(COC(=O)NN)c1. The van der Waals surface area contributed by atoms with E-state index < -0.39 is 11.0 Å². The van der Waals surface area contributed by atoms with E-state index in [1.807, 2.05) is 0 Å². The third kappa shape index (κ3) is 2.92. The average molecular weight is 225 g/mol. The Hall–Kier alpha value is -2.15. The summed E-state index contributed by atoms with van der Waals surface area (Å²) in [6, 6.07) is 4.57. The number of nitrogens with one attached hydrogen (secondary N) is 1. The lowest BCUT2D eigenvalue weighted by atomic mass is 10.1. The maximum Gasteiger partial charge on any atom is 0.421 e. The van der Waals surface area contributed by atoms with Crippen molar-refractivity contribution in [3.8, 4) is 0 Å². The predicted molar refractivity (Wildman–Crippen MR) is 55.3 cm³/mol. The predicted octanol–water partition coefficient (Wildman–Crippen LogP) is 1.00. The quantitative estimate of drug-likeness (QED) is 0.345. The number of aryl methyl sites for hydroxylation is 1. The number of carbonyl (C=O) groups is 1. The van der Waals surface area contributed by atoms with Gasteiger partial charge in [-0.3, -0.25) is 15.5 Å². The molecule has 1 amide bonds. The van der Waals surface area contributed by atoms with E-state index in [1.54, 1.807) is 24.5 Å². The molecule has 0 spiro atoms. The summed E-state index contributed by atoms with van der Waals surface area (Å²) in [6.07, 6.45) is -0.837. The summed E-state index contributed by atoms with van der Waals surface area (Å²) < 4.78 is 4.64. The molecular formula is C9H11N3O4. The first-order valence-corrected chi connectivity index (χ1v) is 4.42. The van der Waals surface area contributed by atoms with Crippen molar-refractivity contribution in [3.05, 3.63) is 39.4 Å². The van der Waals surface area contributed by atoms with Gasteiger partial charge in [0.1, 0.15) is 6.61 Å². The first-order chi connectivity index (χ1) is 7.54. The summed E-state index contributed by atoms with van der Waals surface area (Å²) in [7, 11) is 0. The van der Waals surface area contributed by atoms with Crippen LogP contribution in [0.15, 0.2) is 18.2 Å². The van der Waals surface area contributed by atoms with Gasteiger partial charge in [-0.25, -0.2) is 10.6 Å². The molecular weight excluding hydrogens is 214 g/mol. The first kappa shape index (κ1) is 11.9. The number of nitrogens with two attached hydrogens (primary N) is 1. The van der Waals surface area contributed by atoms with Gasteiger partial charge in [0.2, 0.25) is 0 Å². The smallest absolute Gasteiger partial charge is 0.421 e. The van der Waals surface area contributed by atoms with Crippen LogP contribution in [-0.4, -0.2) is 11.0 Å². The molecule has 1 aromatic rings. The van der Waals surface area contributed by atoms with Crippen LogP contribution in [0, 0.1) is 17.0 Å². The lowest BCUT2D eigenvalue weighted by Gasteiger charge is -2.05. The van der Waals surface area contributed by atoms with Crippen molar-refractivity contribution in [3.63, 3.8) is 0 Å². The Morgan fingerprint density at radius 3 is 2.88 bits per heavy atom. The van der Waals surface area contributed by atoms with Gasteiger partial charge in [0, 0.05) is 6.07 Å². The molecule has 1 aromatic carbocycles. The first-order valence-electron chi connectivity index (χ1n) is 4.42. The van der Waals surface area contributed by atoms with Crippen LogP contribution in [0.5, 0.6) is 0 Å². The largest absolute Gasteiger partial charge is 0.443 e. The normalized spacial score (nSPS) is 9.62. The molecule has 0 radical (unpaired) electrons. The molecule has 0 saturated carbocycles. The Kier molecular flexibility index (Phi) is 3.78. The van der Waals surface area contributed by atoms with E-state index in [1.165, 1.54) is 6.07 Å². The molecule has 0 aliphatic carbocycles. The van der Waals surface area contributed by atoms with E-state index in [4.69, 9.17) is 5.84 Å². The van der Waals surface area contributed by atoms with Crippen molar-refractivity contribution >= 4 is 11.8 Å². The fourth-order valence-electron chi connectivity index (χ4n) is 1.19. The summed E-state index contributed by atoms with van der Waals surface area (Å²) in [5.74, 6) is 4.81. The lowest BCUT2D eigenvalue weighted by Crippen LogP contribution is -2.30. The van der Waals surface area contributed by atoms with Crippen molar-refractivity contribution in [2.75, 3.05) is 0 Å². The van der Waals surface area contributed by atoms with Crippen LogP contribution in [0.4, 0.5) is 10.5 Å². The van der Waals surface area contributed by atoms with Crippen molar-refractivity contribution < 1.29 is 14.5 Å². The number of hydrogen-bond acceptors (Lipinski definition) is 5. The van der Waals surface area contributed by atoms with Gasteiger partial charge in [-0.2, -0.15) is 0 Å². The Morgan fingerprint density at radius 1 is 1.62 bits per heavy atom. The maximum absolute atomic E-state index is 10.7. The molecule has 0 unspecified atom stereocenters. The minimum Gasteiger partial charge on any atom is -0.443 e. The van der Waals surface area contributed by atoms with E-state index in [0.717, 1.165) is 5.56 Å². The van der Waals surface area contributed by atoms with Gasteiger partial charge in [-0.05, 0) is 13.0 Å². The van der Waals surface area contributed by atoms with Crippen molar-refractivity contribution in [1.82, 2.24) is 5.43 Å².